The Morgan fingerprint density at radius 3 is 2.67 bits per heavy atom. The van der Waals surface area contributed by atoms with E-state index in [2.05, 4.69) is 0 Å². The lowest BCUT2D eigenvalue weighted by Gasteiger charge is -2.14. The molecule has 2 aliphatic heterocycles. The molecule has 2 saturated heterocycles. The first-order valence-corrected chi connectivity index (χ1v) is 5.85. The second kappa shape index (κ2) is 4.22. The predicted molar refractivity (Wildman–Crippen MR) is 56.7 cm³/mol. The van der Waals surface area contributed by atoms with Gasteiger partial charge in [-0.3, -0.25) is 4.79 Å². The third-order valence-electron chi connectivity index (χ3n) is 3.56. The zero-order chi connectivity index (χ0) is 10.9. The van der Waals surface area contributed by atoms with Gasteiger partial charge in [0.25, 0.3) is 0 Å². The van der Waals surface area contributed by atoms with E-state index in [0.717, 1.165) is 32.5 Å². The lowest BCUT2D eigenvalue weighted by molar-refractivity contribution is -0.130. The minimum Gasteiger partial charge on any atom is -0.381 e. The van der Waals surface area contributed by atoms with Crippen LogP contribution in [0.1, 0.15) is 33.1 Å². The maximum absolute atomic E-state index is 11.9. The summed E-state index contributed by atoms with van der Waals surface area (Å²) in [5, 5.41) is 0. The molecular weight excluding hydrogens is 192 g/mol. The molecule has 0 saturated carbocycles. The van der Waals surface area contributed by atoms with Gasteiger partial charge in [-0.05, 0) is 39.0 Å². The Morgan fingerprint density at radius 2 is 2.13 bits per heavy atom. The van der Waals surface area contributed by atoms with Crippen LogP contribution in [0.25, 0.3) is 0 Å². The Bertz CT molecular complexity index is 241. The van der Waals surface area contributed by atoms with Gasteiger partial charge in [0, 0.05) is 19.1 Å². The fourth-order valence-electron chi connectivity index (χ4n) is 2.41. The van der Waals surface area contributed by atoms with E-state index in [9.17, 15) is 4.79 Å². The lowest BCUT2D eigenvalue weighted by Crippen LogP contribution is -2.30. The largest absolute Gasteiger partial charge is 0.381 e. The standard InChI is InChI=1S/C12H20O3/c1-12(2)11(13)10(8-15-12)4-3-9-5-6-14-7-9/h9-10H,3-8H2,1-2H3. The molecule has 3 heteroatoms. The van der Waals surface area contributed by atoms with Gasteiger partial charge in [0.15, 0.2) is 5.78 Å². The van der Waals surface area contributed by atoms with Crippen LogP contribution in [-0.2, 0) is 14.3 Å². The predicted octanol–water partition coefficient (Wildman–Crippen LogP) is 1.80. The number of carbonyl (C=O) groups excluding carboxylic acids is 1. The van der Waals surface area contributed by atoms with Crippen molar-refractivity contribution in [3.8, 4) is 0 Å². The van der Waals surface area contributed by atoms with Crippen molar-refractivity contribution >= 4 is 5.78 Å². The van der Waals surface area contributed by atoms with E-state index in [1.807, 2.05) is 13.8 Å². The third kappa shape index (κ3) is 2.40. The highest BCUT2D eigenvalue weighted by Crippen LogP contribution is 2.30. The smallest absolute Gasteiger partial charge is 0.169 e. The molecule has 2 heterocycles. The van der Waals surface area contributed by atoms with Crippen molar-refractivity contribution in [2.24, 2.45) is 11.8 Å². The molecule has 2 fully saturated rings. The number of rotatable bonds is 3. The molecule has 0 bridgehead atoms. The highest BCUT2D eigenvalue weighted by Gasteiger charge is 2.41. The minimum atomic E-state index is -0.545. The van der Waals surface area contributed by atoms with Gasteiger partial charge in [0.1, 0.15) is 5.60 Å². The summed E-state index contributed by atoms with van der Waals surface area (Å²) >= 11 is 0. The number of hydrogen-bond acceptors (Lipinski definition) is 3. The van der Waals surface area contributed by atoms with E-state index in [1.165, 1.54) is 0 Å². The topological polar surface area (TPSA) is 35.5 Å². The molecule has 0 radical (unpaired) electrons. The number of hydrogen-bond donors (Lipinski definition) is 0. The molecule has 15 heavy (non-hydrogen) atoms. The molecule has 0 aromatic rings. The van der Waals surface area contributed by atoms with Crippen LogP contribution in [0, 0.1) is 11.8 Å². The molecule has 2 atom stereocenters. The van der Waals surface area contributed by atoms with Gasteiger partial charge >= 0.3 is 0 Å². The quantitative estimate of drug-likeness (QED) is 0.715. The monoisotopic (exact) mass is 212 g/mol. The van der Waals surface area contributed by atoms with E-state index in [0.29, 0.717) is 12.5 Å². The van der Waals surface area contributed by atoms with Crippen LogP contribution < -0.4 is 0 Å². The van der Waals surface area contributed by atoms with E-state index in [4.69, 9.17) is 9.47 Å². The van der Waals surface area contributed by atoms with Crippen LogP contribution in [0.4, 0.5) is 0 Å². The summed E-state index contributed by atoms with van der Waals surface area (Å²) in [6.45, 7) is 6.12. The number of carbonyl (C=O) groups is 1. The minimum absolute atomic E-state index is 0.126. The van der Waals surface area contributed by atoms with Crippen LogP contribution in [0.5, 0.6) is 0 Å². The van der Waals surface area contributed by atoms with Crippen LogP contribution in [-0.4, -0.2) is 31.2 Å². The molecule has 0 aliphatic carbocycles. The molecule has 2 unspecified atom stereocenters. The molecule has 2 rings (SSSR count). The molecule has 0 spiro atoms. The van der Waals surface area contributed by atoms with Crippen LogP contribution >= 0.6 is 0 Å². The Labute approximate surface area is 91.1 Å². The first kappa shape index (κ1) is 11.1. The van der Waals surface area contributed by atoms with E-state index >= 15 is 0 Å². The second-order valence-corrected chi connectivity index (χ2v) is 5.19. The maximum atomic E-state index is 11.9. The summed E-state index contributed by atoms with van der Waals surface area (Å²) in [5.41, 5.74) is -0.545. The molecule has 3 nitrogen and oxygen atoms in total. The molecule has 2 aliphatic rings. The molecule has 0 N–H and O–H groups in total. The van der Waals surface area contributed by atoms with Gasteiger partial charge in [0.2, 0.25) is 0 Å². The van der Waals surface area contributed by atoms with Gasteiger partial charge in [-0.15, -0.1) is 0 Å². The molecule has 0 amide bonds. The van der Waals surface area contributed by atoms with Crippen molar-refractivity contribution in [2.45, 2.75) is 38.7 Å². The van der Waals surface area contributed by atoms with Gasteiger partial charge in [-0.2, -0.15) is 0 Å². The normalized spacial score (nSPS) is 34.9. The molecule has 86 valence electrons. The van der Waals surface area contributed by atoms with E-state index in [-0.39, 0.29) is 11.7 Å². The van der Waals surface area contributed by atoms with Crippen LogP contribution in [0.3, 0.4) is 0 Å². The lowest BCUT2D eigenvalue weighted by atomic mass is 9.89. The van der Waals surface area contributed by atoms with Crippen molar-refractivity contribution in [3.05, 3.63) is 0 Å². The highest BCUT2D eigenvalue weighted by molar-refractivity contribution is 5.90. The summed E-state index contributed by atoms with van der Waals surface area (Å²) in [4.78, 5) is 11.9. The fourth-order valence-corrected chi connectivity index (χ4v) is 2.41. The van der Waals surface area contributed by atoms with Crippen molar-refractivity contribution < 1.29 is 14.3 Å². The van der Waals surface area contributed by atoms with Gasteiger partial charge in [-0.1, -0.05) is 0 Å². The zero-order valence-electron chi connectivity index (χ0n) is 9.62. The summed E-state index contributed by atoms with van der Waals surface area (Å²) in [6.07, 6.45) is 3.23. The summed E-state index contributed by atoms with van der Waals surface area (Å²) in [7, 11) is 0. The number of ether oxygens (including phenoxy) is 2. The van der Waals surface area contributed by atoms with Gasteiger partial charge in [0.05, 0.1) is 6.61 Å². The summed E-state index contributed by atoms with van der Waals surface area (Å²) in [6, 6.07) is 0. The second-order valence-electron chi connectivity index (χ2n) is 5.19. The molecular formula is C12H20O3. The Morgan fingerprint density at radius 1 is 1.33 bits per heavy atom. The van der Waals surface area contributed by atoms with Gasteiger partial charge < -0.3 is 9.47 Å². The zero-order valence-corrected chi connectivity index (χ0v) is 9.62. The van der Waals surface area contributed by atoms with Crippen LogP contribution in [0.2, 0.25) is 0 Å². The van der Waals surface area contributed by atoms with Crippen molar-refractivity contribution in [2.75, 3.05) is 19.8 Å². The van der Waals surface area contributed by atoms with E-state index < -0.39 is 5.60 Å². The first-order chi connectivity index (χ1) is 7.09. The third-order valence-corrected chi connectivity index (χ3v) is 3.56. The van der Waals surface area contributed by atoms with Crippen LogP contribution in [0.15, 0.2) is 0 Å². The first-order valence-electron chi connectivity index (χ1n) is 5.85. The average Bonchev–Trinajstić information content (AvgIpc) is 2.76. The highest BCUT2D eigenvalue weighted by atomic mass is 16.5. The Kier molecular flexibility index (Phi) is 3.12. The number of ketones is 1. The Hall–Kier alpha value is -0.410. The molecule has 0 aromatic heterocycles. The molecule has 0 aromatic carbocycles. The SMILES string of the molecule is CC1(C)OCC(CCC2CCOC2)C1=O. The van der Waals surface area contributed by atoms with Crippen molar-refractivity contribution in [1.82, 2.24) is 0 Å². The maximum Gasteiger partial charge on any atom is 0.169 e. The fraction of sp³-hybridized carbons (Fsp3) is 0.917. The van der Waals surface area contributed by atoms with E-state index in [1.54, 1.807) is 0 Å². The average molecular weight is 212 g/mol. The number of Topliss-reactive ketones (excluding diaryl/α,β-unsaturated/α-hetero) is 1. The van der Waals surface area contributed by atoms with Gasteiger partial charge in [-0.25, -0.2) is 0 Å². The van der Waals surface area contributed by atoms with Crippen molar-refractivity contribution in [1.29, 1.82) is 0 Å². The summed E-state index contributed by atoms with van der Waals surface area (Å²) < 4.78 is 10.8. The Balaban J connectivity index is 1.78. The summed E-state index contributed by atoms with van der Waals surface area (Å²) in [5.74, 6) is 1.07. The van der Waals surface area contributed by atoms with Crippen molar-refractivity contribution in [3.63, 3.8) is 0 Å².